The number of carbonyl (C=O) groups is 2. The summed E-state index contributed by atoms with van der Waals surface area (Å²) >= 11 is 0. The third kappa shape index (κ3) is 5.12. The van der Waals surface area contributed by atoms with Crippen LogP contribution in [0.4, 0.5) is 4.79 Å². The van der Waals surface area contributed by atoms with Gasteiger partial charge in [-0.3, -0.25) is 4.90 Å². The van der Waals surface area contributed by atoms with Gasteiger partial charge in [0.05, 0.1) is 0 Å². The lowest BCUT2D eigenvalue weighted by Gasteiger charge is -2.27. The first kappa shape index (κ1) is 19.9. The molecule has 148 valence electrons. The average molecular weight is 381 g/mol. The van der Waals surface area contributed by atoms with Crippen molar-refractivity contribution in [3.8, 4) is 0 Å². The molecule has 1 fully saturated rings. The topological polar surface area (TPSA) is 55.8 Å². The molecule has 0 unspecified atom stereocenters. The molecule has 0 spiro atoms. The summed E-state index contributed by atoms with van der Waals surface area (Å²) in [6.07, 6.45) is 0.0456. The van der Waals surface area contributed by atoms with Gasteiger partial charge in [-0.05, 0) is 38.3 Å². The highest BCUT2D eigenvalue weighted by molar-refractivity contribution is 5.82. The monoisotopic (exact) mass is 381 g/mol. The fraction of sp³-hybridized carbons (Fsp3) is 0.391. The molecule has 5 nitrogen and oxygen atoms in total. The molecule has 2 aromatic carbocycles. The minimum Gasteiger partial charge on any atom is -0.459 e. The Kier molecular flexibility index (Phi) is 6.02. The number of benzene rings is 2. The number of nitrogens with zero attached hydrogens (tertiary/aromatic N) is 1. The maximum atomic E-state index is 12.8. The second kappa shape index (κ2) is 8.46. The van der Waals surface area contributed by atoms with Gasteiger partial charge in [-0.1, -0.05) is 60.7 Å². The van der Waals surface area contributed by atoms with Gasteiger partial charge in [-0.15, -0.1) is 0 Å². The molecular formula is C23H27NO4. The molecule has 1 aliphatic rings. The lowest BCUT2D eigenvalue weighted by Crippen LogP contribution is -2.44. The van der Waals surface area contributed by atoms with E-state index in [2.05, 4.69) is 0 Å². The summed E-state index contributed by atoms with van der Waals surface area (Å²) in [7, 11) is 0. The molecule has 1 heterocycles. The lowest BCUT2D eigenvalue weighted by molar-refractivity contribution is -0.150. The molecule has 0 N–H and O–H groups in total. The van der Waals surface area contributed by atoms with Crippen molar-refractivity contribution < 1.29 is 19.1 Å². The first-order valence-electron chi connectivity index (χ1n) is 9.58. The van der Waals surface area contributed by atoms with Crippen LogP contribution in [0.3, 0.4) is 0 Å². The molecule has 0 bridgehead atoms. The molecule has 0 radical (unpaired) electrons. The van der Waals surface area contributed by atoms with E-state index in [0.29, 0.717) is 13.0 Å². The summed E-state index contributed by atoms with van der Waals surface area (Å²) in [5.74, 6) is -0.323. The molecule has 0 saturated carbocycles. The van der Waals surface area contributed by atoms with Gasteiger partial charge in [-0.2, -0.15) is 0 Å². The Labute approximate surface area is 166 Å². The standard InChI is InChI=1S/C23H27NO4/c1-23(2,3)28-22(26)24-15-19(18-12-8-5-9-13-18)14-20(24)21(25)27-16-17-10-6-4-7-11-17/h4-13,19-20H,14-16H2,1-3H3/t19-,20-/m0/s1. The van der Waals surface area contributed by atoms with E-state index in [0.717, 1.165) is 11.1 Å². The second-order valence-electron chi connectivity index (χ2n) is 8.09. The molecule has 1 saturated heterocycles. The Balaban J connectivity index is 1.74. The Bertz CT molecular complexity index is 798. The number of amides is 1. The van der Waals surface area contributed by atoms with Crippen LogP contribution in [0, 0.1) is 0 Å². The number of hydrogen-bond acceptors (Lipinski definition) is 4. The Hall–Kier alpha value is -2.82. The van der Waals surface area contributed by atoms with Gasteiger partial charge >= 0.3 is 12.1 Å². The number of esters is 1. The number of rotatable bonds is 4. The van der Waals surface area contributed by atoms with E-state index < -0.39 is 23.7 Å². The van der Waals surface area contributed by atoms with E-state index in [1.54, 1.807) is 0 Å². The van der Waals surface area contributed by atoms with Crippen molar-refractivity contribution in [3.05, 3.63) is 71.8 Å². The van der Waals surface area contributed by atoms with Crippen LogP contribution >= 0.6 is 0 Å². The maximum Gasteiger partial charge on any atom is 0.411 e. The predicted octanol–water partition coefficient (Wildman–Crippen LogP) is 4.52. The average Bonchev–Trinajstić information content (AvgIpc) is 3.12. The van der Waals surface area contributed by atoms with E-state index in [-0.39, 0.29) is 12.5 Å². The Morgan fingerprint density at radius 3 is 2.21 bits per heavy atom. The summed E-state index contributed by atoms with van der Waals surface area (Å²) in [4.78, 5) is 27.0. The quantitative estimate of drug-likeness (QED) is 0.731. The van der Waals surface area contributed by atoms with E-state index in [1.165, 1.54) is 4.90 Å². The first-order chi connectivity index (χ1) is 13.3. The summed E-state index contributed by atoms with van der Waals surface area (Å²) < 4.78 is 11.0. The van der Waals surface area contributed by atoms with Gasteiger partial charge in [0.1, 0.15) is 18.2 Å². The van der Waals surface area contributed by atoms with Gasteiger partial charge in [0.25, 0.3) is 0 Å². The van der Waals surface area contributed by atoms with Crippen LogP contribution in [0.2, 0.25) is 0 Å². The highest BCUT2D eigenvalue weighted by atomic mass is 16.6. The van der Waals surface area contributed by atoms with Crippen molar-refractivity contribution in [3.63, 3.8) is 0 Å². The van der Waals surface area contributed by atoms with Crippen molar-refractivity contribution in [2.24, 2.45) is 0 Å². The predicted molar refractivity (Wildman–Crippen MR) is 107 cm³/mol. The van der Waals surface area contributed by atoms with Gasteiger partial charge in [-0.25, -0.2) is 9.59 Å². The molecule has 1 amide bonds. The molecule has 0 aliphatic carbocycles. The maximum absolute atomic E-state index is 12.8. The van der Waals surface area contributed by atoms with Crippen molar-refractivity contribution in [1.29, 1.82) is 0 Å². The third-order valence-electron chi connectivity index (χ3n) is 4.70. The number of hydrogen-bond donors (Lipinski definition) is 0. The normalized spacial score (nSPS) is 19.3. The van der Waals surface area contributed by atoms with E-state index in [1.807, 2.05) is 81.4 Å². The van der Waals surface area contributed by atoms with E-state index in [4.69, 9.17) is 9.47 Å². The largest absolute Gasteiger partial charge is 0.459 e. The van der Waals surface area contributed by atoms with Crippen LogP contribution in [0.5, 0.6) is 0 Å². The lowest BCUT2D eigenvalue weighted by atomic mass is 9.96. The summed E-state index contributed by atoms with van der Waals surface area (Å²) in [6, 6.07) is 18.8. The fourth-order valence-corrected chi connectivity index (χ4v) is 3.37. The van der Waals surface area contributed by atoms with Crippen LogP contribution in [0.15, 0.2) is 60.7 Å². The summed E-state index contributed by atoms with van der Waals surface area (Å²) in [5, 5.41) is 0. The van der Waals surface area contributed by atoms with Crippen LogP contribution in [-0.4, -0.2) is 35.2 Å². The van der Waals surface area contributed by atoms with Crippen LogP contribution in [0.1, 0.15) is 44.2 Å². The zero-order valence-electron chi connectivity index (χ0n) is 16.6. The zero-order chi connectivity index (χ0) is 20.1. The summed E-state index contributed by atoms with van der Waals surface area (Å²) in [5.41, 5.74) is 1.40. The highest BCUT2D eigenvalue weighted by Gasteiger charge is 2.42. The Morgan fingerprint density at radius 1 is 1.00 bits per heavy atom. The molecular weight excluding hydrogens is 354 g/mol. The smallest absolute Gasteiger partial charge is 0.411 e. The minimum atomic E-state index is -0.649. The van der Waals surface area contributed by atoms with Gasteiger partial charge in [0.2, 0.25) is 0 Å². The fourth-order valence-electron chi connectivity index (χ4n) is 3.37. The van der Waals surface area contributed by atoms with Crippen LogP contribution < -0.4 is 0 Å². The SMILES string of the molecule is CC(C)(C)OC(=O)N1C[C@@H](c2ccccc2)C[C@H]1C(=O)OCc1ccccc1. The van der Waals surface area contributed by atoms with Crippen LogP contribution in [0.25, 0.3) is 0 Å². The molecule has 0 aromatic heterocycles. The molecule has 2 aromatic rings. The van der Waals surface area contributed by atoms with Crippen molar-refractivity contribution in [2.45, 2.75) is 51.4 Å². The third-order valence-corrected chi connectivity index (χ3v) is 4.70. The zero-order valence-corrected chi connectivity index (χ0v) is 16.6. The molecule has 28 heavy (non-hydrogen) atoms. The van der Waals surface area contributed by atoms with Crippen molar-refractivity contribution >= 4 is 12.1 Å². The summed E-state index contributed by atoms with van der Waals surface area (Å²) in [6.45, 7) is 6.08. The van der Waals surface area contributed by atoms with Crippen LogP contribution in [-0.2, 0) is 20.9 Å². The van der Waals surface area contributed by atoms with Crippen molar-refractivity contribution in [1.82, 2.24) is 4.90 Å². The molecule has 5 heteroatoms. The molecule has 2 atom stereocenters. The highest BCUT2D eigenvalue weighted by Crippen LogP contribution is 2.33. The molecule has 3 rings (SSSR count). The Morgan fingerprint density at radius 2 is 1.61 bits per heavy atom. The van der Waals surface area contributed by atoms with Gasteiger partial charge < -0.3 is 9.47 Å². The van der Waals surface area contributed by atoms with E-state index in [9.17, 15) is 9.59 Å². The van der Waals surface area contributed by atoms with Gasteiger partial charge in [0, 0.05) is 12.5 Å². The molecule has 1 aliphatic heterocycles. The number of likely N-dealkylation sites (tertiary alicyclic amines) is 1. The second-order valence-corrected chi connectivity index (χ2v) is 8.09. The number of carbonyl (C=O) groups excluding carboxylic acids is 2. The minimum absolute atomic E-state index is 0.0722. The van der Waals surface area contributed by atoms with E-state index >= 15 is 0 Å². The number of ether oxygens (including phenoxy) is 2. The van der Waals surface area contributed by atoms with Crippen molar-refractivity contribution in [2.75, 3.05) is 6.54 Å². The van der Waals surface area contributed by atoms with Gasteiger partial charge in [0.15, 0.2) is 0 Å². The first-order valence-corrected chi connectivity index (χ1v) is 9.58.